The Morgan fingerprint density at radius 3 is 2.38 bits per heavy atom. The van der Waals surface area contributed by atoms with Gasteiger partial charge in [-0.25, -0.2) is 0 Å². The van der Waals surface area contributed by atoms with Crippen LogP contribution < -0.4 is 0 Å². The molecule has 0 amide bonds. The molecule has 0 atom stereocenters. The van der Waals surface area contributed by atoms with Gasteiger partial charge >= 0.3 is 0 Å². The van der Waals surface area contributed by atoms with E-state index in [4.69, 9.17) is 5.11 Å². The van der Waals surface area contributed by atoms with Gasteiger partial charge in [-0.15, -0.1) is 0 Å². The fourth-order valence-corrected chi connectivity index (χ4v) is 1.25. The molecule has 0 radical (unpaired) electrons. The van der Waals surface area contributed by atoms with Gasteiger partial charge in [-0.3, -0.25) is 0 Å². The Hall–Kier alpha value is -1.28. The number of nitrogens with zero attached hydrogens (tertiary/aromatic N) is 1. The van der Waals surface area contributed by atoms with Gasteiger partial charge in [0.05, 0.1) is 6.61 Å². The number of benzene rings is 1. The molecule has 0 spiro atoms. The summed E-state index contributed by atoms with van der Waals surface area (Å²) >= 11 is 0. The van der Waals surface area contributed by atoms with Crippen LogP contribution in [0.15, 0.2) is 36.4 Å². The minimum atomic E-state index is 0.0718. The summed E-state index contributed by atoms with van der Waals surface area (Å²) in [5.74, 6) is 0. The lowest BCUT2D eigenvalue weighted by atomic mass is 10.1. The zero-order valence-corrected chi connectivity index (χ0v) is 8.07. The molecule has 0 saturated carbocycles. The van der Waals surface area contributed by atoms with E-state index < -0.39 is 0 Å². The van der Waals surface area contributed by atoms with Crippen molar-refractivity contribution in [2.45, 2.75) is 0 Å². The molecule has 13 heavy (non-hydrogen) atoms. The van der Waals surface area contributed by atoms with E-state index in [9.17, 15) is 0 Å². The average molecular weight is 177 g/mol. The van der Waals surface area contributed by atoms with Crippen LogP contribution in [0.25, 0.3) is 5.70 Å². The van der Waals surface area contributed by atoms with E-state index in [0.717, 1.165) is 11.3 Å². The molecule has 0 aliphatic carbocycles. The predicted molar refractivity (Wildman–Crippen MR) is 55.2 cm³/mol. The van der Waals surface area contributed by atoms with Crippen molar-refractivity contribution in [2.24, 2.45) is 0 Å². The molecule has 0 bridgehead atoms. The molecule has 1 N–H and O–H groups in total. The van der Waals surface area contributed by atoms with Gasteiger partial charge < -0.3 is 10.0 Å². The van der Waals surface area contributed by atoms with Crippen molar-refractivity contribution in [3.8, 4) is 0 Å². The van der Waals surface area contributed by atoms with E-state index in [0.29, 0.717) is 0 Å². The third-order valence-corrected chi connectivity index (χ3v) is 1.84. The van der Waals surface area contributed by atoms with Gasteiger partial charge in [0, 0.05) is 19.8 Å². The highest BCUT2D eigenvalue weighted by molar-refractivity contribution is 5.63. The summed E-state index contributed by atoms with van der Waals surface area (Å²) < 4.78 is 0. The van der Waals surface area contributed by atoms with E-state index >= 15 is 0 Å². The standard InChI is InChI=1S/C11H15NO/c1-12(2)11(8-9-13)10-6-4-3-5-7-10/h3-8,13H,9H2,1-2H3/b11-8+. The Morgan fingerprint density at radius 2 is 1.92 bits per heavy atom. The number of hydrogen-bond donors (Lipinski definition) is 1. The van der Waals surface area contributed by atoms with Crippen molar-refractivity contribution < 1.29 is 5.11 Å². The summed E-state index contributed by atoms with van der Waals surface area (Å²) in [5, 5.41) is 8.84. The van der Waals surface area contributed by atoms with Crippen LogP contribution in [-0.2, 0) is 0 Å². The van der Waals surface area contributed by atoms with E-state index in [2.05, 4.69) is 0 Å². The van der Waals surface area contributed by atoms with Crippen molar-refractivity contribution in [2.75, 3.05) is 20.7 Å². The highest BCUT2D eigenvalue weighted by atomic mass is 16.2. The van der Waals surface area contributed by atoms with Gasteiger partial charge in [-0.2, -0.15) is 0 Å². The van der Waals surface area contributed by atoms with Gasteiger partial charge in [0.15, 0.2) is 0 Å². The van der Waals surface area contributed by atoms with Crippen LogP contribution in [0.2, 0.25) is 0 Å². The maximum Gasteiger partial charge on any atom is 0.0635 e. The molecule has 0 unspecified atom stereocenters. The maximum atomic E-state index is 8.84. The fourth-order valence-electron chi connectivity index (χ4n) is 1.25. The van der Waals surface area contributed by atoms with E-state index in [1.165, 1.54) is 0 Å². The predicted octanol–water partition coefficient (Wildman–Crippen LogP) is 1.58. The van der Waals surface area contributed by atoms with Crippen molar-refractivity contribution in [3.63, 3.8) is 0 Å². The molecule has 1 aromatic carbocycles. The minimum absolute atomic E-state index is 0.0718. The second-order valence-electron chi connectivity index (χ2n) is 3.03. The molecule has 0 fully saturated rings. The summed E-state index contributed by atoms with van der Waals surface area (Å²) in [6.07, 6.45) is 1.80. The second-order valence-corrected chi connectivity index (χ2v) is 3.03. The topological polar surface area (TPSA) is 23.5 Å². The van der Waals surface area contributed by atoms with Gasteiger partial charge in [0.25, 0.3) is 0 Å². The van der Waals surface area contributed by atoms with Crippen molar-refractivity contribution >= 4 is 5.70 Å². The molecule has 0 aliphatic rings. The molecule has 0 heterocycles. The average Bonchev–Trinajstić information content (AvgIpc) is 2.15. The minimum Gasteiger partial charge on any atom is -0.392 e. The van der Waals surface area contributed by atoms with Crippen molar-refractivity contribution in [3.05, 3.63) is 42.0 Å². The number of aliphatic hydroxyl groups is 1. The zero-order chi connectivity index (χ0) is 9.68. The lowest BCUT2D eigenvalue weighted by Gasteiger charge is -2.17. The fraction of sp³-hybridized carbons (Fsp3) is 0.273. The molecule has 0 aromatic heterocycles. The Kier molecular flexibility index (Phi) is 3.53. The first-order valence-corrected chi connectivity index (χ1v) is 4.29. The Bertz CT molecular complexity index is 277. The Labute approximate surface area is 79.1 Å². The lowest BCUT2D eigenvalue weighted by molar-refractivity contribution is 0.341. The molecule has 1 aromatic rings. The number of rotatable bonds is 3. The van der Waals surface area contributed by atoms with Gasteiger partial charge in [0.2, 0.25) is 0 Å². The van der Waals surface area contributed by atoms with Crippen LogP contribution in [0.4, 0.5) is 0 Å². The third kappa shape index (κ3) is 2.60. The van der Waals surface area contributed by atoms with Gasteiger partial charge in [0.1, 0.15) is 0 Å². The van der Waals surface area contributed by atoms with Crippen molar-refractivity contribution in [1.29, 1.82) is 0 Å². The summed E-state index contributed by atoms with van der Waals surface area (Å²) in [7, 11) is 3.93. The number of aliphatic hydroxyl groups excluding tert-OH is 1. The molecule has 70 valence electrons. The molecule has 2 nitrogen and oxygen atoms in total. The van der Waals surface area contributed by atoms with Crippen LogP contribution in [-0.4, -0.2) is 30.7 Å². The smallest absolute Gasteiger partial charge is 0.0635 e. The normalized spacial score (nSPS) is 11.5. The van der Waals surface area contributed by atoms with E-state index in [1.54, 1.807) is 6.08 Å². The molecule has 1 rings (SSSR count). The molecule has 0 aliphatic heterocycles. The first kappa shape index (κ1) is 9.81. The molecular formula is C11H15NO. The Morgan fingerprint density at radius 1 is 1.31 bits per heavy atom. The van der Waals surface area contributed by atoms with Gasteiger partial charge in [-0.05, 0) is 11.6 Å². The van der Waals surface area contributed by atoms with Crippen LogP contribution in [0.1, 0.15) is 5.56 Å². The number of hydrogen-bond acceptors (Lipinski definition) is 2. The lowest BCUT2D eigenvalue weighted by Crippen LogP contribution is -2.10. The summed E-state index contributed by atoms with van der Waals surface area (Å²) in [4.78, 5) is 1.99. The van der Waals surface area contributed by atoms with Crippen LogP contribution in [0, 0.1) is 0 Å². The third-order valence-electron chi connectivity index (χ3n) is 1.84. The highest BCUT2D eigenvalue weighted by Crippen LogP contribution is 2.15. The SMILES string of the molecule is CN(C)/C(=C/CO)c1ccccc1. The van der Waals surface area contributed by atoms with E-state index in [-0.39, 0.29) is 6.61 Å². The van der Waals surface area contributed by atoms with Crippen LogP contribution in [0.3, 0.4) is 0 Å². The zero-order valence-electron chi connectivity index (χ0n) is 8.07. The van der Waals surface area contributed by atoms with Gasteiger partial charge in [-0.1, -0.05) is 30.3 Å². The Balaban J connectivity index is 2.96. The van der Waals surface area contributed by atoms with Crippen molar-refractivity contribution in [1.82, 2.24) is 4.90 Å². The molecule has 0 saturated heterocycles. The molecule has 2 heteroatoms. The summed E-state index contributed by atoms with van der Waals surface area (Å²) in [6, 6.07) is 10.0. The quantitative estimate of drug-likeness (QED) is 0.757. The monoisotopic (exact) mass is 177 g/mol. The van der Waals surface area contributed by atoms with Crippen LogP contribution >= 0.6 is 0 Å². The molecular weight excluding hydrogens is 162 g/mol. The maximum absolute atomic E-state index is 8.84. The first-order valence-electron chi connectivity index (χ1n) is 4.29. The van der Waals surface area contributed by atoms with Crippen LogP contribution in [0.5, 0.6) is 0 Å². The second kappa shape index (κ2) is 4.67. The van der Waals surface area contributed by atoms with E-state index in [1.807, 2.05) is 49.3 Å². The first-order chi connectivity index (χ1) is 6.25. The summed E-state index contributed by atoms with van der Waals surface area (Å²) in [5.41, 5.74) is 2.17. The summed E-state index contributed by atoms with van der Waals surface area (Å²) in [6.45, 7) is 0.0718. The highest BCUT2D eigenvalue weighted by Gasteiger charge is 2.01. The largest absolute Gasteiger partial charge is 0.392 e.